The summed E-state index contributed by atoms with van der Waals surface area (Å²) in [5.41, 5.74) is 2.64. The Bertz CT molecular complexity index is 929. The van der Waals surface area contributed by atoms with Crippen molar-refractivity contribution in [3.05, 3.63) is 53.6 Å². The Hall–Kier alpha value is -2.16. The van der Waals surface area contributed by atoms with Crippen molar-refractivity contribution in [3.8, 4) is 0 Å². The summed E-state index contributed by atoms with van der Waals surface area (Å²) < 4.78 is 5.83. The van der Waals surface area contributed by atoms with E-state index in [4.69, 9.17) is 4.74 Å². The third-order valence-corrected chi connectivity index (χ3v) is 9.26. The SMILES string of the molecule is CC12CCC3C(CC=C4CC(OC(=O)/C=C\c5ccccc5)CCC43C)C1CCC2=O. The lowest BCUT2D eigenvalue weighted by Gasteiger charge is -2.56. The lowest BCUT2D eigenvalue weighted by molar-refractivity contribution is -0.145. The topological polar surface area (TPSA) is 43.4 Å². The molecule has 4 aliphatic carbocycles. The van der Waals surface area contributed by atoms with Gasteiger partial charge in [0.25, 0.3) is 0 Å². The quantitative estimate of drug-likeness (QED) is 0.336. The van der Waals surface area contributed by atoms with Crippen LogP contribution in [0.25, 0.3) is 6.08 Å². The molecule has 3 heteroatoms. The van der Waals surface area contributed by atoms with Crippen LogP contribution in [0.3, 0.4) is 0 Å². The van der Waals surface area contributed by atoms with Gasteiger partial charge in [0, 0.05) is 24.3 Å². The monoisotopic (exact) mass is 418 g/mol. The highest BCUT2D eigenvalue weighted by atomic mass is 16.5. The average molecular weight is 419 g/mol. The summed E-state index contributed by atoms with van der Waals surface area (Å²) in [6, 6.07) is 9.85. The third kappa shape index (κ3) is 3.50. The summed E-state index contributed by atoms with van der Waals surface area (Å²) in [6.07, 6.45) is 13.9. The zero-order valence-electron chi connectivity index (χ0n) is 18.8. The first kappa shape index (κ1) is 20.7. The van der Waals surface area contributed by atoms with Gasteiger partial charge in [-0.25, -0.2) is 4.79 Å². The van der Waals surface area contributed by atoms with Crippen molar-refractivity contribution >= 4 is 17.8 Å². The number of hydrogen-bond acceptors (Lipinski definition) is 3. The predicted molar refractivity (Wildman–Crippen MR) is 122 cm³/mol. The minimum Gasteiger partial charge on any atom is -0.459 e. The molecular formula is C28H34O3. The zero-order valence-corrected chi connectivity index (χ0v) is 18.8. The van der Waals surface area contributed by atoms with Crippen molar-refractivity contribution in [3.63, 3.8) is 0 Å². The van der Waals surface area contributed by atoms with Gasteiger partial charge >= 0.3 is 5.97 Å². The number of benzene rings is 1. The minimum absolute atomic E-state index is 0.0225. The maximum atomic E-state index is 12.6. The second-order valence-electron chi connectivity index (χ2n) is 10.7. The van der Waals surface area contributed by atoms with Crippen LogP contribution in [-0.4, -0.2) is 17.9 Å². The molecule has 0 heterocycles. The van der Waals surface area contributed by atoms with E-state index in [9.17, 15) is 9.59 Å². The lowest BCUT2D eigenvalue weighted by Crippen LogP contribution is -2.50. The van der Waals surface area contributed by atoms with E-state index >= 15 is 0 Å². The number of Topliss-reactive ketones (excluding diaryl/α,β-unsaturated/α-hetero) is 1. The molecule has 0 spiro atoms. The number of ketones is 1. The van der Waals surface area contributed by atoms with Gasteiger partial charge < -0.3 is 4.74 Å². The molecule has 0 saturated heterocycles. The largest absolute Gasteiger partial charge is 0.459 e. The Kier molecular flexibility index (Phi) is 5.19. The van der Waals surface area contributed by atoms with E-state index in [2.05, 4.69) is 19.9 Å². The van der Waals surface area contributed by atoms with Gasteiger partial charge in [0.05, 0.1) is 0 Å². The minimum atomic E-state index is -0.246. The second-order valence-corrected chi connectivity index (χ2v) is 10.7. The molecule has 1 aromatic carbocycles. The van der Waals surface area contributed by atoms with Crippen LogP contribution in [0.5, 0.6) is 0 Å². The van der Waals surface area contributed by atoms with Crippen molar-refractivity contribution in [1.82, 2.24) is 0 Å². The first-order chi connectivity index (χ1) is 14.9. The van der Waals surface area contributed by atoms with Crippen LogP contribution >= 0.6 is 0 Å². The number of esters is 1. The molecule has 0 bridgehead atoms. The van der Waals surface area contributed by atoms with E-state index in [1.165, 1.54) is 12.0 Å². The molecule has 3 nitrogen and oxygen atoms in total. The van der Waals surface area contributed by atoms with Gasteiger partial charge in [-0.1, -0.05) is 55.8 Å². The normalized spacial score (nSPS) is 39.4. The molecule has 6 atom stereocenters. The number of carbonyl (C=O) groups is 2. The summed E-state index contributed by atoms with van der Waals surface area (Å²) in [4.78, 5) is 25.0. The molecule has 3 saturated carbocycles. The van der Waals surface area contributed by atoms with Gasteiger partial charge in [-0.2, -0.15) is 0 Å². The molecule has 4 aliphatic rings. The van der Waals surface area contributed by atoms with E-state index in [0.717, 1.165) is 50.5 Å². The lowest BCUT2D eigenvalue weighted by atomic mass is 9.48. The first-order valence-corrected chi connectivity index (χ1v) is 12.1. The van der Waals surface area contributed by atoms with Gasteiger partial charge in [0.15, 0.2) is 0 Å². The van der Waals surface area contributed by atoms with Crippen molar-refractivity contribution in [2.24, 2.45) is 28.6 Å². The fraction of sp³-hybridized carbons (Fsp3) is 0.571. The summed E-state index contributed by atoms with van der Waals surface area (Å²) in [5, 5.41) is 0. The molecule has 31 heavy (non-hydrogen) atoms. The third-order valence-electron chi connectivity index (χ3n) is 9.26. The number of rotatable bonds is 3. The van der Waals surface area contributed by atoms with Gasteiger partial charge in [0.2, 0.25) is 0 Å². The van der Waals surface area contributed by atoms with E-state index in [1.807, 2.05) is 36.4 Å². The summed E-state index contributed by atoms with van der Waals surface area (Å²) >= 11 is 0. The van der Waals surface area contributed by atoms with Crippen LogP contribution in [0.4, 0.5) is 0 Å². The number of fused-ring (bicyclic) bond motifs is 5. The molecule has 0 N–H and O–H groups in total. The molecular weight excluding hydrogens is 384 g/mol. The Morgan fingerprint density at radius 2 is 1.77 bits per heavy atom. The Morgan fingerprint density at radius 3 is 2.58 bits per heavy atom. The van der Waals surface area contributed by atoms with Gasteiger partial charge in [0.1, 0.15) is 11.9 Å². The fourth-order valence-electron chi connectivity index (χ4n) is 7.43. The van der Waals surface area contributed by atoms with Gasteiger partial charge in [-0.05, 0) is 73.3 Å². The molecule has 0 aliphatic heterocycles. The maximum Gasteiger partial charge on any atom is 0.331 e. The highest BCUT2D eigenvalue weighted by molar-refractivity contribution is 5.87. The standard InChI is InChI=1S/C28H34O3/c1-27-16-14-21(31-26(30)13-8-19-6-4-3-5-7-19)18-20(27)9-10-22-23-11-12-25(29)28(23,2)17-15-24(22)27/h3-9,13,21-24H,10-12,14-18H2,1-2H3/b13-8-. The highest BCUT2D eigenvalue weighted by Crippen LogP contribution is 2.64. The van der Waals surface area contributed by atoms with E-state index in [0.29, 0.717) is 23.5 Å². The fourth-order valence-corrected chi connectivity index (χ4v) is 7.43. The number of hydrogen-bond donors (Lipinski definition) is 0. The van der Waals surface area contributed by atoms with E-state index in [1.54, 1.807) is 6.08 Å². The van der Waals surface area contributed by atoms with Crippen molar-refractivity contribution in [2.45, 2.75) is 71.3 Å². The van der Waals surface area contributed by atoms with Crippen LogP contribution < -0.4 is 0 Å². The number of allylic oxidation sites excluding steroid dienone is 1. The molecule has 1 aromatic rings. The Balaban J connectivity index is 1.26. The predicted octanol–water partition coefficient (Wildman–Crippen LogP) is 6.14. The van der Waals surface area contributed by atoms with Crippen molar-refractivity contribution in [2.75, 3.05) is 0 Å². The van der Waals surface area contributed by atoms with Crippen LogP contribution in [0.15, 0.2) is 48.1 Å². The molecule has 3 fully saturated rings. The highest BCUT2D eigenvalue weighted by Gasteiger charge is 2.58. The van der Waals surface area contributed by atoms with Gasteiger partial charge in [-0.15, -0.1) is 0 Å². The maximum absolute atomic E-state index is 12.6. The second kappa shape index (κ2) is 7.76. The number of ether oxygens (including phenoxy) is 1. The Labute approximate surface area is 185 Å². The summed E-state index contributed by atoms with van der Waals surface area (Å²) in [6.45, 7) is 4.69. The first-order valence-electron chi connectivity index (χ1n) is 12.1. The van der Waals surface area contributed by atoms with Gasteiger partial charge in [-0.3, -0.25) is 4.79 Å². The molecule has 5 rings (SSSR count). The molecule has 0 aromatic heterocycles. The smallest absolute Gasteiger partial charge is 0.331 e. The van der Waals surface area contributed by atoms with Crippen molar-refractivity contribution in [1.29, 1.82) is 0 Å². The van der Waals surface area contributed by atoms with E-state index < -0.39 is 0 Å². The molecule has 6 unspecified atom stereocenters. The van der Waals surface area contributed by atoms with Crippen molar-refractivity contribution < 1.29 is 14.3 Å². The van der Waals surface area contributed by atoms with Crippen LogP contribution in [0, 0.1) is 28.6 Å². The Morgan fingerprint density at radius 1 is 1.03 bits per heavy atom. The molecule has 0 radical (unpaired) electrons. The summed E-state index contributed by atoms with van der Waals surface area (Å²) in [5.74, 6) is 2.14. The van der Waals surface area contributed by atoms with Crippen LogP contribution in [-0.2, 0) is 14.3 Å². The zero-order chi connectivity index (χ0) is 21.6. The molecule has 164 valence electrons. The average Bonchev–Trinajstić information content (AvgIpc) is 3.08. The summed E-state index contributed by atoms with van der Waals surface area (Å²) in [7, 11) is 0. The van der Waals surface area contributed by atoms with Crippen LogP contribution in [0.1, 0.15) is 70.8 Å². The molecule has 0 amide bonds. The van der Waals surface area contributed by atoms with E-state index in [-0.39, 0.29) is 22.9 Å². The number of carbonyl (C=O) groups excluding carboxylic acids is 2. The van der Waals surface area contributed by atoms with Crippen LogP contribution in [0.2, 0.25) is 0 Å².